The van der Waals surface area contributed by atoms with Crippen LogP contribution < -0.4 is 5.32 Å². The van der Waals surface area contributed by atoms with Crippen LogP contribution in [0.15, 0.2) is 53.1 Å². The van der Waals surface area contributed by atoms with Crippen molar-refractivity contribution in [2.24, 2.45) is 0 Å². The standard InChI is InChI=1S/C23H25FN2O4/c1-14-12-21(16(3)26(14)13-20-6-5-11-29-20)23(28)30-17(4)22(27)25-15(2)18-7-9-19(24)10-8-18/h5-12,15,17H,13H2,1-4H3,(H,25,27). The number of carbonyl (C=O) groups excluding carboxylic acids is 2. The van der Waals surface area contributed by atoms with Crippen molar-refractivity contribution in [1.29, 1.82) is 0 Å². The summed E-state index contributed by atoms with van der Waals surface area (Å²) in [5, 5.41) is 2.78. The minimum Gasteiger partial charge on any atom is -0.467 e. The van der Waals surface area contributed by atoms with Crippen molar-refractivity contribution >= 4 is 11.9 Å². The van der Waals surface area contributed by atoms with Gasteiger partial charge in [0.15, 0.2) is 6.10 Å². The molecule has 3 aromatic rings. The molecule has 1 amide bonds. The summed E-state index contributed by atoms with van der Waals surface area (Å²) in [5.41, 5.74) is 2.79. The van der Waals surface area contributed by atoms with Gasteiger partial charge in [0, 0.05) is 11.4 Å². The number of halogens is 1. The molecule has 30 heavy (non-hydrogen) atoms. The fraction of sp³-hybridized carbons (Fsp3) is 0.304. The van der Waals surface area contributed by atoms with Crippen molar-refractivity contribution in [2.45, 2.75) is 46.4 Å². The maximum atomic E-state index is 13.1. The topological polar surface area (TPSA) is 73.5 Å². The molecule has 0 aliphatic heterocycles. The van der Waals surface area contributed by atoms with E-state index in [1.807, 2.05) is 30.5 Å². The average Bonchev–Trinajstić information content (AvgIpc) is 3.32. The summed E-state index contributed by atoms with van der Waals surface area (Å²) in [4.78, 5) is 25.1. The second-order valence-corrected chi connectivity index (χ2v) is 7.28. The number of benzene rings is 1. The van der Waals surface area contributed by atoms with E-state index < -0.39 is 18.0 Å². The molecule has 0 spiro atoms. The highest BCUT2D eigenvalue weighted by atomic mass is 19.1. The molecule has 0 saturated carbocycles. The Morgan fingerprint density at radius 2 is 1.87 bits per heavy atom. The quantitative estimate of drug-likeness (QED) is 0.587. The van der Waals surface area contributed by atoms with Gasteiger partial charge in [-0.1, -0.05) is 12.1 Å². The Labute approximate surface area is 174 Å². The second kappa shape index (κ2) is 8.98. The molecule has 2 aromatic heterocycles. The largest absolute Gasteiger partial charge is 0.467 e. The van der Waals surface area contributed by atoms with E-state index in [1.54, 1.807) is 31.4 Å². The third kappa shape index (κ3) is 4.79. The van der Waals surface area contributed by atoms with Crippen molar-refractivity contribution in [3.05, 3.63) is 82.8 Å². The third-order valence-corrected chi connectivity index (χ3v) is 5.07. The van der Waals surface area contributed by atoms with Gasteiger partial charge in [0.2, 0.25) is 0 Å². The van der Waals surface area contributed by atoms with E-state index >= 15 is 0 Å². The number of hydrogen-bond donors (Lipinski definition) is 1. The predicted molar refractivity (Wildman–Crippen MR) is 110 cm³/mol. The van der Waals surface area contributed by atoms with Gasteiger partial charge in [-0.3, -0.25) is 4.79 Å². The number of aryl methyl sites for hydroxylation is 1. The molecule has 0 bridgehead atoms. The first-order valence-electron chi connectivity index (χ1n) is 9.72. The maximum absolute atomic E-state index is 13.1. The zero-order valence-corrected chi connectivity index (χ0v) is 17.4. The van der Waals surface area contributed by atoms with Crippen LogP contribution in [-0.4, -0.2) is 22.5 Å². The zero-order chi connectivity index (χ0) is 21.8. The molecule has 6 nitrogen and oxygen atoms in total. The molecular weight excluding hydrogens is 387 g/mol. The van der Waals surface area contributed by atoms with E-state index in [9.17, 15) is 14.0 Å². The SMILES string of the molecule is Cc1cc(C(=O)OC(C)C(=O)NC(C)c2ccc(F)cc2)c(C)n1Cc1ccco1. The summed E-state index contributed by atoms with van der Waals surface area (Å²) >= 11 is 0. The Kier molecular flexibility index (Phi) is 6.40. The first kappa shape index (κ1) is 21.4. The van der Waals surface area contributed by atoms with Gasteiger partial charge >= 0.3 is 5.97 Å². The molecule has 1 N–H and O–H groups in total. The number of nitrogens with one attached hydrogen (secondary N) is 1. The van der Waals surface area contributed by atoms with Gasteiger partial charge in [0.1, 0.15) is 11.6 Å². The molecule has 3 rings (SSSR count). The number of aromatic nitrogens is 1. The molecule has 0 saturated heterocycles. The zero-order valence-electron chi connectivity index (χ0n) is 17.4. The third-order valence-electron chi connectivity index (χ3n) is 5.07. The molecule has 0 aliphatic rings. The molecule has 0 radical (unpaired) electrons. The van der Waals surface area contributed by atoms with Gasteiger partial charge in [0.05, 0.1) is 24.4 Å². The molecule has 2 atom stereocenters. The Morgan fingerprint density at radius 3 is 2.50 bits per heavy atom. The van der Waals surface area contributed by atoms with Gasteiger partial charge in [-0.15, -0.1) is 0 Å². The summed E-state index contributed by atoms with van der Waals surface area (Å²) in [5.74, 6) is -0.557. The average molecular weight is 412 g/mol. The second-order valence-electron chi connectivity index (χ2n) is 7.28. The van der Waals surface area contributed by atoms with Gasteiger partial charge in [-0.2, -0.15) is 0 Å². The maximum Gasteiger partial charge on any atom is 0.340 e. The van der Waals surface area contributed by atoms with E-state index in [1.165, 1.54) is 19.1 Å². The van der Waals surface area contributed by atoms with Crippen molar-refractivity contribution in [3.8, 4) is 0 Å². The van der Waals surface area contributed by atoms with Gasteiger partial charge in [-0.25, -0.2) is 9.18 Å². The lowest BCUT2D eigenvalue weighted by Gasteiger charge is -2.18. The Hall–Kier alpha value is -3.35. The normalized spacial score (nSPS) is 13.0. The lowest BCUT2D eigenvalue weighted by Crippen LogP contribution is -2.37. The summed E-state index contributed by atoms with van der Waals surface area (Å²) < 4.78 is 25.8. The number of esters is 1. The summed E-state index contributed by atoms with van der Waals surface area (Å²) in [7, 11) is 0. The van der Waals surface area contributed by atoms with Crippen LogP contribution in [0.2, 0.25) is 0 Å². The van der Waals surface area contributed by atoms with Gasteiger partial charge < -0.3 is 19.0 Å². The Morgan fingerprint density at radius 1 is 1.17 bits per heavy atom. The van der Waals surface area contributed by atoms with Crippen LogP contribution >= 0.6 is 0 Å². The highest BCUT2D eigenvalue weighted by molar-refractivity contribution is 5.93. The van der Waals surface area contributed by atoms with E-state index in [-0.39, 0.29) is 11.9 Å². The Bertz CT molecular complexity index is 1020. The number of furan rings is 1. The molecule has 0 fully saturated rings. The fourth-order valence-electron chi connectivity index (χ4n) is 3.25. The molecule has 0 aliphatic carbocycles. The predicted octanol–water partition coefficient (Wildman–Crippen LogP) is 4.31. The van der Waals surface area contributed by atoms with Crippen LogP contribution in [0.3, 0.4) is 0 Å². The molecule has 7 heteroatoms. The number of carbonyl (C=O) groups is 2. The monoisotopic (exact) mass is 412 g/mol. The van der Waals surface area contributed by atoms with Crippen LogP contribution in [0.25, 0.3) is 0 Å². The van der Waals surface area contributed by atoms with Crippen molar-refractivity contribution in [1.82, 2.24) is 9.88 Å². The van der Waals surface area contributed by atoms with E-state index in [4.69, 9.17) is 9.15 Å². The fourth-order valence-corrected chi connectivity index (χ4v) is 3.25. The highest BCUT2D eigenvalue weighted by Gasteiger charge is 2.24. The lowest BCUT2D eigenvalue weighted by atomic mass is 10.1. The number of nitrogens with zero attached hydrogens (tertiary/aromatic N) is 1. The molecule has 2 unspecified atom stereocenters. The number of ether oxygens (including phenoxy) is 1. The highest BCUT2D eigenvalue weighted by Crippen LogP contribution is 2.19. The van der Waals surface area contributed by atoms with Crippen LogP contribution in [0, 0.1) is 19.7 Å². The molecular formula is C23H25FN2O4. The molecule has 158 valence electrons. The number of hydrogen-bond acceptors (Lipinski definition) is 4. The first-order chi connectivity index (χ1) is 14.3. The van der Waals surface area contributed by atoms with Gasteiger partial charge in [0.25, 0.3) is 5.91 Å². The van der Waals surface area contributed by atoms with E-state index in [2.05, 4.69) is 5.32 Å². The van der Waals surface area contributed by atoms with E-state index in [0.29, 0.717) is 12.1 Å². The number of rotatable bonds is 7. The molecule has 2 heterocycles. The van der Waals surface area contributed by atoms with Crippen LogP contribution in [0.1, 0.15) is 53.0 Å². The molecule has 1 aromatic carbocycles. The summed E-state index contributed by atoms with van der Waals surface area (Å²) in [6.07, 6.45) is 0.625. The smallest absolute Gasteiger partial charge is 0.340 e. The minimum atomic E-state index is -0.978. The van der Waals surface area contributed by atoms with Gasteiger partial charge in [-0.05, 0) is 63.6 Å². The summed E-state index contributed by atoms with van der Waals surface area (Å²) in [6, 6.07) is 10.9. The van der Waals surface area contributed by atoms with Crippen molar-refractivity contribution in [3.63, 3.8) is 0 Å². The first-order valence-corrected chi connectivity index (χ1v) is 9.72. The summed E-state index contributed by atoms with van der Waals surface area (Å²) in [6.45, 7) is 7.53. The van der Waals surface area contributed by atoms with Crippen LogP contribution in [0.5, 0.6) is 0 Å². The van der Waals surface area contributed by atoms with Crippen LogP contribution in [-0.2, 0) is 16.1 Å². The lowest BCUT2D eigenvalue weighted by molar-refractivity contribution is -0.129. The van der Waals surface area contributed by atoms with E-state index in [0.717, 1.165) is 22.7 Å². The minimum absolute atomic E-state index is 0.343. The van der Waals surface area contributed by atoms with Crippen molar-refractivity contribution < 1.29 is 23.1 Å². The number of amides is 1. The van der Waals surface area contributed by atoms with Crippen LogP contribution in [0.4, 0.5) is 4.39 Å². The van der Waals surface area contributed by atoms with Crippen molar-refractivity contribution in [2.75, 3.05) is 0 Å². The Balaban J connectivity index is 1.63.